The summed E-state index contributed by atoms with van der Waals surface area (Å²) in [4.78, 5) is 23.8. The number of hydrogen-bond acceptors (Lipinski definition) is 3. The first-order chi connectivity index (χ1) is 9.92. The van der Waals surface area contributed by atoms with Crippen LogP contribution >= 0.6 is 11.8 Å². The molecule has 4 nitrogen and oxygen atoms in total. The number of carbonyl (C=O) groups excluding carboxylic acids is 2. The quantitative estimate of drug-likeness (QED) is 0.759. The molecule has 1 aromatic rings. The summed E-state index contributed by atoms with van der Waals surface area (Å²) in [5.74, 6) is -0.209. The van der Waals surface area contributed by atoms with Gasteiger partial charge < -0.3 is 10.6 Å². The molecule has 0 aliphatic carbocycles. The van der Waals surface area contributed by atoms with Gasteiger partial charge in [-0.15, -0.1) is 11.8 Å². The Hall–Kier alpha value is -1.49. The molecule has 0 radical (unpaired) electrons. The number of nitrogens with one attached hydrogen (secondary N) is 2. The zero-order valence-corrected chi connectivity index (χ0v) is 14.0. The minimum Gasteiger partial charge on any atom is -0.356 e. The molecule has 2 amide bonds. The van der Waals surface area contributed by atoms with E-state index < -0.39 is 0 Å². The predicted molar refractivity (Wildman–Crippen MR) is 88.7 cm³/mol. The predicted octanol–water partition coefficient (Wildman–Crippen LogP) is 3.35. The van der Waals surface area contributed by atoms with Gasteiger partial charge in [0.25, 0.3) is 0 Å². The molecule has 0 bridgehead atoms. The van der Waals surface area contributed by atoms with Crippen molar-refractivity contribution in [2.45, 2.75) is 50.7 Å². The van der Waals surface area contributed by atoms with E-state index in [9.17, 15) is 9.59 Å². The lowest BCUT2D eigenvalue weighted by atomic mass is 10.2. The van der Waals surface area contributed by atoms with Gasteiger partial charge in [-0.05, 0) is 37.1 Å². The van der Waals surface area contributed by atoms with Gasteiger partial charge in [0.05, 0.1) is 0 Å². The Balaban J connectivity index is 2.55. The van der Waals surface area contributed by atoms with E-state index in [2.05, 4.69) is 30.5 Å². The topological polar surface area (TPSA) is 58.2 Å². The Morgan fingerprint density at radius 1 is 1.33 bits per heavy atom. The van der Waals surface area contributed by atoms with Gasteiger partial charge in [0.1, 0.15) is 0 Å². The van der Waals surface area contributed by atoms with Gasteiger partial charge in [0.2, 0.25) is 11.8 Å². The van der Waals surface area contributed by atoms with E-state index >= 15 is 0 Å². The number of anilines is 1. The second kappa shape index (κ2) is 8.72. The average Bonchev–Trinajstić information content (AvgIpc) is 2.41. The molecule has 0 aliphatic rings. The van der Waals surface area contributed by atoms with Gasteiger partial charge in [0, 0.05) is 35.7 Å². The van der Waals surface area contributed by atoms with Crippen LogP contribution in [0.5, 0.6) is 0 Å². The Morgan fingerprint density at radius 2 is 2.05 bits per heavy atom. The zero-order chi connectivity index (χ0) is 15.8. The molecule has 21 heavy (non-hydrogen) atoms. The fourth-order valence-electron chi connectivity index (χ4n) is 1.73. The van der Waals surface area contributed by atoms with Crippen molar-refractivity contribution < 1.29 is 9.59 Å². The number of thioether (sulfide) groups is 1. The molecule has 0 unspecified atom stereocenters. The second-order valence-electron chi connectivity index (χ2n) is 5.09. The highest BCUT2D eigenvalue weighted by atomic mass is 32.2. The van der Waals surface area contributed by atoms with Crippen LogP contribution < -0.4 is 10.6 Å². The molecule has 0 aromatic heterocycles. The maximum Gasteiger partial charge on any atom is 0.226 e. The van der Waals surface area contributed by atoms with Gasteiger partial charge in [-0.2, -0.15) is 0 Å². The van der Waals surface area contributed by atoms with E-state index in [0.29, 0.717) is 11.8 Å². The number of amides is 2. The van der Waals surface area contributed by atoms with Crippen molar-refractivity contribution in [2.24, 2.45) is 0 Å². The van der Waals surface area contributed by atoms with E-state index in [-0.39, 0.29) is 18.2 Å². The fourth-order valence-corrected chi connectivity index (χ4v) is 2.75. The van der Waals surface area contributed by atoms with Crippen molar-refractivity contribution in [1.29, 1.82) is 0 Å². The molecule has 0 fully saturated rings. The van der Waals surface area contributed by atoms with Crippen LogP contribution in [0.4, 0.5) is 5.69 Å². The molecule has 0 spiro atoms. The molecule has 5 heteroatoms. The Bertz CT molecular complexity index is 503. The van der Waals surface area contributed by atoms with Crippen molar-refractivity contribution in [1.82, 2.24) is 5.32 Å². The Labute approximate surface area is 131 Å². The summed E-state index contributed by atoms with van der Waals surface area (Å²) in [6, 6.07) is 6.07. The number of rotatable bonds is 7. The summed E-state index contributed by atoms with van der Waals surface area (Å²) < 4.78 is 0. The highest BCUT2D eigenvalue weighted by Crippen LogP contribution is 2.28. The SMILES string of the molecule is CC[C@H](C)Sc1ccc(NC(=O)CCNC(C)=O)c(C)c1. The molecule has 116 valence electrons. The normalized spacial score (nSPS) is 11.8. The van der Waals surface area contributed by atoms with Crippen LogP contribution in [0.25, 0.3) is 0 Å². The summed E-state index contributed by atoms with van der Waals surface area (Å²) in [6.07, 6.45) is 1.41. The van der Waals surface area contributed by atoms with Crippen LogP contribution in [0.1, 0.15) is 39.2 Å². The number of benzene rings is 1. The third kappa shape index (κ3) is 6.67. The Morgan fingerprint density at radius 3 is 2.62 bits per heavy atom. The smallest absolute Gasteiger partial charge is 0.226 e. The van der Waals surface area contributed by atoms with Crippen LogP contribution in [0, 0.1) is 6.92 Å². The van der Waals surface area contributed by atoms with E-state index in [1.54, 1.807) is 0 Å². The monoisotopic (exact) mass is 308 g/mol. The zero-order valence-electron chi connectivity index (χ0n) is 13.2. The standard InChI is InChI=1S/C16H24N2O2S/c1-5-12(3)21-14-6-7-15(11(2)10-14)18-16(20)8-9-17-13(4)19/h6-7,10,12H,5,8-9H2,1-4H3,(H,17,19)(H,18,20)/t12-/m0/s1. The molecule has 1 rings (SSSR count). The van der Waals surface area contributed by atoms with Gasteiger partial charge in [-0.3, -0.25) is 9.59 Å². The van der Waals surface area contributed by atoms with Crippen molar-refractivity contribution in [3.8, 4) is 0 Å². The summed E-state index contributed by atoms with van der Waals surface area (Å²) in [7, 11) is 0. The van der Waals surface area contributed by atoms with Crippen LogP contribution in [-0.4, -0.2) is 23.6 Å². The lowest BCUT2D eigenvalue weighted by molar-refractivity contribution is -0.119. The second-order valence-corrected chi connectivity index (χ2v) is 6.61. The lowest BCUT2D eigenvalue weighted by Crippen LogP contribution is -2.25. The first-order valence-electron chi connectivity index (χ1n) is 7.24. The number of carbonyl (C=O) groups is 2. The fraction of sp³-hybridized carbons (Fsp3) is 0.500. The third-order valence-corrected chi connectivity index (χ3v) is 4.37. The molecule has 1 atom stereocenters. The summed E-state index contributed by atoms with van der Waals surface area (Å²) >= 11 is 1.84. The molecule has 1 aromatic carbocycles. The van der Waals surface area contributed by atoms with Crippen LogP contribution in [0.2, 0.25) is 0 Å². The highest BCUT2D eigenvalue weighted by molar-refractivity contribution is 7.99. The van der Waals surface area contributed by atoms with Crippen molar-refractivity contribution in [3.05, 3.63) is 23.8 Å². The maximum absolute atomic E-state index is 11.8. The number of hydrogen-bond donors (Lipinski definition) is 2. The van der Waals surface area contributed by atoms with Crippen molar-refractivity contribution >= 4 is 29.3 Å². The van der Waals surface area contributed by atoms with Gasteiger partial charge in [-0.25, -0.2) is 0 Å². The first-order valence-corrected chi connectivity index (χ1v) is 8.12. The van der Waals surface area contributed by atoms with E-state index in [1.807, 2.05) is 30.8 Å². The number of aryl methyl sites for hydroxylation is 1. The Kier molecular flexibility index (Phi) is 7.29. The van der Waals surface area contributed by atoms with Crippen LogP contribution in [-0.2, 0) is 9.59 Å². The van der Waals surface area contributed by atoms with Gasteiger partial charge in [-0.1, -0.05) is 13.8 Å². The van der Waals surface area contributed by atoms with Gasteiger partial charge in [0.15, 0.2) is 0 Å². The van der Waals surface area contributed by atoms with E-state index in [0.717, 1.165) is 17.7 Å². The third-order valence-electron chi connectivity index (χ3n) is 3.11. The van der Waals surface area contributed by atoms with Crippen molar-refractivity contribution in [3.63, 3.8) is 0 Å². The maximum atomic E-state index is 11.8. The summed E-state index contributed by atoms with van der Waals surface area (Å²) in [5, 5.41) is 6.08. The van der Waals surface area contributed by atoms with Crippen LogP contribution in [0.3, 0.4) is 0 Å². The summed E-state index contributed by atoms with van der Waals surface area (Å²) in [6.45, 7) is 8.17. The van der Waals surface area contributed by atoms with Crippen molar-refractivity contribution in [2.75, 3.05) is 11.9 Å². The molecular weight excluding hydrogens is 284 g/mol. The highest BCUT2D eigenvalue weighted by Gasteiger charge is 2.07. The van der Waals surface area contributed by atoms with E-state index in [1.165, 1.54) is 11.8 Å². The average molecular weight is 308 g/mol. The largest absolute Gasteiger partial charge is 0.356 e. The summed E-state index contributed by atoms with van der Waals surface area (Å²) in [5.41, 5.74) is 1.88. The molecule has 2 N–H and O–H groups in total. The first kappa shape index (κ1) is 17.6. The van der Waals surface area contributed by atoms with E-state index in [4.69, 9.17) is 0 Å². The minimum atomic E-state index is -0.120. The molecule has 0 saturated heterocycles. The molecule has 0 saturated carbocycles. The molecule has 0 heterocycles. The molecule has 0 aliphatic heterocycles. The van der Waals surface area contributed by atoms with Crippen LogP contribution in [0.15, 0.2) is 23.1 Å². The minimum absolute atomic E-state index is 0.0887. The molecular formula is C16H24N2O2S. The van der Waals surface area contributed by atoms with Gasteiger partial charge >= 0.3 is 0 Å². The lowest BCUT2D eigenvalue weighted by Gasteiger charge is -2.12.